The molecule has 0 aliphatic heterocycles. The molecule has 1 rings (SSSR count). The number of allylic oxidation sites excluding steroid dienone is 1. The van der Waals surface area contributed by atoms with Crippen molar-refractivity contribution in [2.75, 3.05) is 6.61 Å². The summed E-state index contributed by atoms with van der Waals surface area (Å²) in [4.78, 5) is 21.9. The van der Waals surface area contributed by atoms with Crippen molar-refractivity contribution in [2.24, 2.45) is 11.3 Å². The highest BCUT2D eigenvalue weighted by molar-refractivity contribution is 5.66. The maximum absolute atomic E-state index is 11.0. The molecule has 0 unspecified atom stereocenters. The lowest BCUT2D eigenvalue weighted by Crippen LogP contribution is -2.34. The average molecular weight is 224 g/mol. The Morgan fingerprint density at radius 1 is 1.56 bits per heavy atom. The first kappa shape index (κ1) is 12.9. The summed E-state index contributed by atoms with van der Waals surface area (Å²) >= 11 is 0. The fraction of sp³-hybridized carbons (Fsp3) is 0.692. The van der Waals surface area contributed by atoms with Crippen LogP contribution in [-0.4, -0.2) is 18.9 Å². The molecule has 90 valence electrons. The van der Waals surface area contributed by atoms with E-state index in [-0.39, 0.29) is 17.3 Å². The van der Waals surface area contributed by atoms with Gasteiger partial charge in [-0.1, -0.05) is 19.4 Å². The highest BCUT2D eigenvalue weighted by Gasteiger charge is 2.37. The standard InChI is InChI=1S/C13H20O3/c1-9-5-6-11(7-14)13(3,4)12(9)8-16-10(2)15/h7,11H,5-6,8H2,1-4H3/t11-/m0/s1. The van der Waals surface area contributed by atoms with Crippen molar-refractivity contribution in [1.82, 2.24) is 0 Å². The molecule has 1 atom stereocenters. The van der Waals surface area contributed by atoms with Crippen LogP contribution in [0.1, 0.15) is 40.5 Å². The summed E-state index contributed by atoms with van der Waals surface area (Å²) in [5, 5.41) is 0. The van der Waals surface area contributed by atoms with Crippen LogP contribution in [0.25, 0.3) is 0 Å². The molecule has 0 saturated heterocycles. The molecule has 0 spiro atoms. The fourth-order valence-electron chi connectivity index (χ4n) is 2.38. The Morgan fingerprint density at radius 2 is 2.19 bits per heavy atom. The van der Waals surface area contributed by atoms with Gasteiger partial charge in [-0.15, -0.1) is 0 Å². The van der Waals surface area contributed by atoms with Crippen LogP contribution in [-0.2, 0) is 14.3 Å². The SMILES string of the molecule is CC(=O)OCC1=C(C)CC[C@@H](C=O)C1(C)C. The third kappa shape index (κ3) is 2.52. The van der Waals surface area contributed by atoms with Crippen molar-refractivity contribution in [3.8, 4) is 0 Å². The third-order valence-electron chi connectivity index (χ3n) is 3.63. The number of rotatable bonds is 3. The first-order chi connectivity index (χ1) is 7.39. The predicted molar refractivity (Wildman–Crippen MR) is 61.9 cm³/mol. The average Bonchev–Trinajstić information content (AvgIpc) is 2.16. The van der Waals surface area contributed by atoms with Crippen molar-refractivity contribution in [2.45, 2.75) is 40.5 Å². The molecule has 0 aromatic heterocycles. The van der Waals surface area contributed by atoms with Gasteiger partial charge in [0.15, 0.2) is 0 Å². The van der Waals surface area contributed by atoms with E-state index in [1.165, 1.54) is 12.5 Å². The zero-order valence-corrected chi connectivity index (χ0v) is 10.5. The molecule has 0 N–H and O–H groups in total. The lowest BCUT2D eigenvalue weighted by molar-refractivity contribution is -0.140. The van der Waals surface area contributed by atoms with E-state index in [4.69, 9.17) is 4.74 Å². The molecular formula is C13H20O3. The molecule has 3 nitrogen and oxygen atoms in total. The predicted octanol–water partition coefficient (Wildman–Crippen LogP) is 2.50. The highest BCUT2D eigenvalue weighted by Crippen LogP contribution is 2.43. The maximum Gasteiger partial charge on any atom is 0.302 e. The van der Waals surface area contributed by atoms with Gasteiger partial charge in [0.1, 0.15) is 12.9 Å². The first-order valence-electron chi connectivity index (χ1n) is 5.67. The van der Waals surface area contributed by atoms with E-state index in [0.29, 0.717) is 6.61 Å². The van der Waals surface area contributed by atoms with Gasteiger partial charge in [-0.25, -0.2) is 0 Å². The minimum absolute atomic E-state index is 0.0294. The van der Waals surface area contributed by atoms with Crippen molar-refractivity contribution in [3.63, 3.8) is 0 Å². The van der Waals surface area contributed by atoms with E-state index >= 15 is 0 Å². The van der Waals surface area contributed by atoms with Crippen molar-refractivity contribution in [3.05, 3.63) is 11.1 Å². The van der Waals surface area contributed by atoms with E-state index in [9.17, 15) is 9.59 Å². The molecule has 1 aliphatic rings. The fourth-order valence-corrected chi connectivity index (χ4v) is 2.38. The Balaban J connectivity index is 2.91. The number of hydrogen-bond donors (Lipinski definition) is 0. The Morgan fingerprint density at radius 3 is 2.69 bits per heavy atom. The summed E-state index contributed by atoms with van der Waals surface area (Å²) in [7, 11) is 0. The lowest BCUT2D eigenvalue weighted by Gasteiger charge is -2.38. The van der Waals surface area contributed by atoms with Gasteiger partial charge in [0.2, 0.25) is 0 Å². The molecule has 16 heavy (non-hydrogen) atoms. The number of carbonyl (C=O) groups excluding carboxylic acids is 2. The summed E-state index contributed by atoms with van der Waals surface area (Å²) in [5.74, 6) is -0.244. The molecule has 0 radical (unpaired) electrons. The second-order valence-corrected chi connectivity index (χ2v) is 5.04. The van der Waals surface area contributed by atoms with Crippen LogP contribution < -0.4 is 0 Å². The topological polar surface area (TPSA) is 43.4 Å². The quantitative estimate of drug-likeness (QED) is 0.420. The van der Waals surface area contributed by atoms with Gasteiger partial charge in [0.05, 0.1) is 0 Å². The Labute approximate surface area is 96.9 Å². The molecular weight excluding hydrogens is 204 g/mol. The van der Waals surface area contributed by atoms with Gasteiger partial charge < -0.3 is 9.53 Å². The van der Waals surface area contributed by atoms with E-state index in [2.05, 4.69) is 6.92 Å². The minimum Gasteiger partial charge on any atom is -0.461 e. The Kier molecular flexibility index (Phi) is 3.89. The van der Waals surface area contributed by atoms with E-state index in [1.807, 2.05) is 13.8 Å². The van der Waals surface area contributed by atoms with E-state index in [1.54, 1.807) is 0 Å². The van der Waals surface area contributed by atoms with Crippen LogP contribution >= 0.6 is 0 Å². The van der Waals surface area contributed by atoms with Crippen LogP contribution in [0, 0.1) is 11.3 Å². The molecule has 0 saturated carbocycles. The molecule has 0 bridgehead atoms. The van der Waals surface area contributed by atoms with Gasteiger partial charge in [0, 0.05) is 12.8 Å². The Bertz CT molecular complexity index is 326. The van der Waals surface area contributed by atoms with Gasteiger partial charge in [-0.3, -0.25) is 4.79 Å². The van der Waals surface area contributed by atoms with Gasteiger partial charge >= 0.3 is 5.97 Å². The number of esters is 1. The van der Waals surface area contributed by atoms with Crippen molar-refractivity contribution in [1.29, 1.82) is 0 Å². The van der Waals surface area contributed by atoms with Crippen LogP contribution in [0.3, 0.4) is 0 Å². The molecule has 0 heterocycles. The second kappa shape index (κ2) is 4.81. The van der Waals surface area contributed by atoms with E-state index in [0.717, 1.165) is 24.7 Å². The lowest BCUT2D eigenvalue weighted by atomic mass is 9.66. The van der Waals surface area contributed by atoms with Crippen molar-refractivity contribution >= 4 is 12.3 Å². The van der Waals surface area contributed by atoms with Crippen LogP contribution in [0.4, 0.5) is 0 Å². The smallest absolute Gasteiger partial charge is 0.302 e. The largest absolute Gasteiger partial charge is 0.461 e. The van der Waals surface area contributed by atoms with E-state index < -0.39 is 0 Å². The summed E-state index contributed by atoms with van der Waals surface area (Å²) < 4.78 is 5.07. The monoisotopic (exact) mass is 224 g/mol. The second-order valence-electron chi connectivity index (χ2n) is 5.04. The number of hydrogen-bond acceptors (Lipinski definition) is 3. The summed E-state index contributed by atoms with van der Waals surface area (Å²) in [6, 6.07) is 0. The van der Waals surface area contributed by atoms with Gasteiger partial charge in [-0.05, 0) is 30.8 Å². The summed E-state index contributed by atoms with van der Waals surface area (Å²) in [6.07, 6.45) is 2.84. The molecule has 3 heteroatoms. The van der Waals surface area contributed by atoms with Gasteiger partial charge in [-0.2, -0.15) is 0 Å². The van der Waals surface area contributed by atoms with Crippen LogP contribution in [0.5, 0.6) is 0 Å². The van der Waals surface area contributed by atoms with Crippen molar-refractivity contribution < 1.29 is 14.3 Å². The molecule has 1 aliphatic carbocycles. The summed E-state index contributed by atoms with van der Waals surface area (Å²) in [6.45, 7) is 7.88. The third-order valence-corrected chi connectivity index (χ3v) is 3.63. The highest BCUT2D eigenvalue weighted by atomic mass is 16.5. The van der Waals surface area contributed by atoms with Crippen LogP contribution in [0.15, 0.2) is 11.1 Å². The zero-order chi connectivity index (χ0) is 12.3. The maximum atomic E-state index is 11.0. The summed E-state index contributed by atoms with van der Waals surface area (Å²) in [5.41, 5.74) is 2.16. The molecule has 0 fully saturated rings. The first-order valence-corrected chi connectivity index (χ1v) is 5.67. The zero-order valence-electron chi connectivity index (χ0n) is 10.5. The molecule has 0 amide bonds. The number of aldehydes is 1. The molecule has 0 aromatic rings. The minimum atomic E-state index is -0.274. The van der Waals surface area contributed by atoms with Gasteiger partial charge in [0.25, 0.3) is 0 Å². The number of carbonyl (C=O) groups is 2. The Hall–Kier alpha value is -1.12. The number of ether oxygens (including phenoxy) is 1. The normalized spacial score (nSPS) is 24.1. The molecule has 0 aromatic carbocycles. The van der Waals surface area contributed by atoms with Crippen LogP contribution in [0.2, 0.25) is 0 Å².